The molecule has 1 atom stereocenters. The van der Waals surface area contributed by atoms with Gasteiger partial charge < -0.3 is 5.32 Å². The minimum absolute atomic E-state index is 0.00755. The molecule has 0 aromatic carbocycles. The molecule has 1 saturated carbocycles. The molecule has 1 aliphatic rings. The van der Waals surface area contributed by atoms with Crippen molar-refractivity contribution in [3.63, 3.8) is 0 Å². The van der Waals surface area contributed by atoms with Crippen LogP contribution in [0.1, 0.15) is 54.4 Å². The second kappa shape index (κ2) is 4.90. The van der Waals surface area contributed by atoms with Gasteiger partial charge in [0.15, 0.2) is 0 Å². The van der Waals surface area contributed by atoms with Gasteiger partial charge in [0.2, 0.25) is 0 Å². The van der Waals surface area contributed by atoms with Gasteiger partial charge in [-0.25, -0.2) is 0 Å². The van der Waals surface area contributed by atoms with Gasteiger partial charge >= 0.3 is 0 Å². The number of hydrogen-bond donors (Lipinski definition) is 2. The maximum absolute atomic E-state index is 12.1. The Morgan fingerprint density at radius 2 is 2.06 bits per heavy atom. The Morgan fingerprint density at radius 3 is 2.59 bits per heavy atom. The molecule has 0 radical (unpaired) electrons. The van der Waals surface area contributed by atoms with Gasteiger partial charge in [0.1, 0.15) is 0 Å². The van der Waals surface area contributed by atoms with E-state index in [1.54, 1.807) is 0 Å². The van der Waals surface area contributed by atoms with E-state index in [9.17, 15) is 4.79 Å². The Hall–Kier alpha value is -1.32. The summed E-state index contributed by atoms with van der Waals surface area (Å²) < 4.78 is 0. The number of aryl methyl sites for hydroxylation is 2. The molecule has 1 aliphatic carbocycles. The molecule has 2 rings (SSSR count). The number of carbonyl (C=O) groups is 1. The summed E-state index contributed by atoms with van der Waals surface area (Å²) in [6.45, 7) is 5.85. The van der Waals surface area contributed by atoms with Crippen LogP contribution in [0.15, 0.2) is 0 Å². The van der Waals surface area contributed by atoms with Crippen molar-refractivity contribution in [3.8, 4) is 0 Å². The third-order valence-electron chi connectivity index (χ3n) is 3.82. The Labute approximate surface area is 102 Å². The number of H-pyrrole nitrogens is 1. The van der Waals surface area contributed by atoms with Crippen LogP contribution in [0, 0.1) is 19.8 Å². The fourth-order valence-electron chi connectivity index (χ4n) is 2.74. The van der Waals surface area contributed by atoms with E-state index >= 15 is 0 Å². The maximum atomic E-state index is 12.1. The lowest BCUT2D eigenvalue weighted by molar-refractivity contribution is 0.0926. The van der Waals surface area contributed by atoms with Gasteiger partial charge in [-0.05, 0) is 39.5 Å². The van der Waals surface area contributed by atoms with Crippen molar-refractivity contribution >= 4 is 5.91 Å². The van der Waals surface area contributed by atoms with E-state index in [4.69, 9.17) is 0 Å². The fraction of sp³-hybridized carbons (Fsp3) is 0.692. The van der Waals surface area contributed by atoms with Crippen LogP contribution >= 0.6 is 0 Å². The lowest BCUT2D eigenvalue weighted by Gasteiger charge is -2.20. The van der Waals surface area contributed by atoms with Gasteiger partial charge in [0, 0.05) is 11.7 Å². The molecular weight excluding hydrogens is 214 g/mol. The van der Waals surface area contributed by atoms with Gasteiger partial charge in [0.25, 0.3) is 5.91 Å². The maximum Gasteiger partial charge on any atom is 0.255 e. The third-order valence-corrected chi connectivity index (χ3v) is 3.82. The third kappa shape index (κ3) is 2.51. The van der Waals surface area contributed by atoms with Gasteiger partial charge in [-0.3, -0.25) is 9.89 Å². The first-order valence-corrected chi connectivity index (χ1v) is 6.42. The average molecular weight is 235 g/mol. The van der Waals surface area contributed by atoms with Crippen molar-refractivity contribution in [2.24, 2.45) is 5.92 Å². The number of nitrogens with zero attached hydrogens (tertiary/aromatic N) is 1. The standard InChI is InChI=1S/C13H21N3O/c1-8(11-6-4-5-7-11)14-13(17)12-9(2)15-16-10(12)3/h8,11H,4-7H2,1-3H3,(H,14,17)(H,15,16). The lowest BCUT2D eigenvalue weighted by atomic mass is 9.99. The van der Waals surface area contributed by atoms with Crippen LogP contribution in [0.25, 0.3) is 0 Å². The van der Waals surface area contributed by atoms with Crippen molar-refractivity contribution < 1.29 is 4.79 Å². The van der Waals surface area contributed by atoms with E-state index in [0.717, 1.165) is 11.4 Å². The first-order chi connectivity index (χ1) is 8.09. The van der Waals surface area contributed by atoms with Crippen LogP contribution in [0.5, 0.6) is 0 Å². The average Bonchev–Trinajstić information content (AvgIpc) is 2.88. The van der Waals surface area contributed by atoms with E-state index in [-0.39, 0.29) is 11.9 Å². The molecule has 1 fully saturated rings. The zero-order valence-electron chi connectivity index (χ0n) is 10.8. The zero-order chi connectivity index (χ0) is 12.4. The topological polar surface area (TPSA) is 57.8 Å². The van der Waals surface area contributed by atoms with E-state index < -0.39 is 0 Å². The summed E-state index contributed by atoms with van der Waals surface area (Å²) in [5, 5.41) is 10.0. The Morgan fingerprint density at radius 1 is 1.41 bits per heavy atom. The second-order valence-electron chi connectivity index (χ2n) is 5.12. The van der Waals surface area contributed by atoms with Crippen LogP contribution in [-0.2, 0) is 0 Å². The van der Waals surface area contributed by atoms with E-state index in [1.165, 1.54) is 25.7 Å². The largest absolute Gasteiger partial charge is 0.349 e. The molecule has 0 aliphatic heterocycles. The zero-order valence-corrected chi connectivity index (χ0v) is 10.8. The molecule has 1 heterocycles. The second-order valence-corrected chi connectivity index (χ2v) is 5.12. The molecule has 4 nitrogen and oxygen atoms in total. The highest BCUT2D eigenvalue weighted by Gasteiger charge is 2.24. The Balaban J connectivity index is 2.01. The first kappa shape index (κ1) is 12.1. The predicted octanol–water partition coefficient (Wildman–Crippen LogP) is 2.34. The number of amides is 1. The van der Waals surface area contributed by atoms with Crippen LogP contribution < -0.4 is 5.32 Å². The van der Waals surface area contributed by atoms with Crippen molar-refractivity contribution in [2.75, 3.05) is 0 Å². The summed E-state index contributed by atoms with van der Waals surface area (Å²) in [5.74, 6) is 0.652. The fourth-order valence-corrected chi connectivity index (χ4v) is 2.74. The highest BCUT2D eigenvalue weighted by Crippen LogP contribution is 2.27. The quantitative estimate of drug-likeness (QED) is 0.844. The van der Waals surface area contributed by atoms with Gasteiger partial charge in [0.05, 0.1) is 11.3 Å². The number of hydrogen-bond acceptors (Lipinski definition) is 2. The van der Waals surface area contributed by atoms with Gasteiger partial charge in [-0.1, -0.05) is 12.8 Å². The summed E-state index contributed by atoms with van der Waals surface area (Å²) >= 11 is 0. The number of aromatic amines is 1. The molecule has 0 bridgehead atoms. The Bertz CT molecular complexity index is 385. The normalized spacial score (nSPS) is 18.3. The molecule has 0 spiro atoms. The number of nitrogens with one attached hydrogen (secondary N) is 2. The van der Waals surface area contributed by atoms with Crippen LogP contribution in [0.4, 0.5) is 0 Å². The van der Waals surface area contributed by atoms with Crippen LogP contribution in [-0.4, -0.2) is 22.1 Å². The van der Waals surface area contributed by atoms with Crippen molar-refractivity contribution in [2.45, 2.75) is 52.5 Å². The van der Waals surface area contributed by atoms with Gasteiger partial charge in [-0.2, -0.15) is 5.10 Å². The van der Waals surface area contributed by atoms with E-state index in [0.29, 0.717) is 11.5 Å². The molecule has 0 saturated heterocycles. The number of carbonyl (C=O) groups excluding carboxylic acids is 1. The van der Waals surface area contributed by atoms with E-state index in [1.807, 2.05) is 13.8 Å². The summed E-state index contributed by atoms with van der Waals surface area (Å²) in [5.41, 5.74) is 2.33. The van der Waals surface area contributed by atoms with Crippen LogP contribution in [0.2, 0.25) is 0 Å². The van der Waals surface area contributed by atoms with Crippen LogP contribution in [0.3, 0.4) is 0 Å². The summed E-state index contributed by atoms with van der Waals surface area (Å²) in [6, 6.07) is 0.263. The number of aromatic nitrogens is 2. The Kier molecular flexibility index (Phi) is 3.50. The smallest absolute Gasteiger partial charge is 0.255 e. The summed E-state index contributed by atoms with van der Waals surface area (Å²) in [4.78, 5) is 12.1. The molecule has 4 heteroatoms. The monoisotopic (exact) mass is 235 g/mol. The SMILES string of the molecule is Cc1n[nH]c(C)c1C(=O)NC(C)C1CCCC1. The first-order valence-electron chi connectivity index (χ1n) is 6.42. The summed E-state index contributed by atoms with van der Waals surface area (Å²) in [7, 11) is 0. The van der Waals surface area contributed by atoms with Crippen molar-refractivity contribution in [1.29, 1.82) is 0 Å². The molecule has 1 unspecified atom stereocenters. The minimum atomic E-state index is 0.00755. The molecule has 1 aromatic rings. The van der Waals surface area contributed by atoms with Crippen molar-refractivity contribution in [1.82, 2.24) is 15.5 Å². The predicted molar refractivity (Wildman–Crippen MR) is 66.9 cm³/mol. The van der Waals surface area contributed by atoms with Crippen molar-refractivity contribution in [3.05, 3.63) is 17.0 Å². The molecule has 94 valence electrons. The highest BCUT2D eigenvalue weighted by molar-refractivity contribution is 5.96. The molecule has 1 amide bonds. The number of rotatable bonds is 3. The molecule has 17 heavy (non-hydrogen) atoms. The minimum Gasteiger partial charge on any atom is -0.349 e. The molecular formula is C13H21N3O. The molecule has 2 N–H and O–H groups in total. The highest BCUT2D eigenvalue weighted by atomic mass is 16.1. The van der Waals surface area contributed by atoms with E-state index in [2.05, 4.69) is 22.4 Å². The lowest BCUT2D eigenvalue weighted by Crippen LogP contribution is -2.37. The molecule has 1 aromatic heterocycles. The van der Waals surface area contributed by atoms with Gasteiger partial charge in [-0.15, -0.1) is 0 Å². The summed E-state index contributed by atoms with van der Waals surface area (Å²) in [6.07, 6.45) is 5.08.